The van der Waals surface area contributed by atoms with Crippen molar-refractivity contribution >= 4 is 19.7 Å². The topological polar surface area (TPSA) is 120 Å². The van der Waals surface area contributed by atoms with Gasteiger partial charge in [-0.3, -0.25) is 9.97 Å². The van der Waals surface area contributed by atoms with E-state index in [0.29, 0.717) is 21.6 Å². The molecular weight excluding hydrogens is 645 g/mol. The first kappa shape index (κ1) is 34.5. The smallest absolute Gasteiger partial charge is 0.175 e. The number of hydrogen-bond acceptors (Lipinski definition) is 8. The molecule has 0 aliphatic carbocycles. The molecule has 2 aromatic carbocycles. The molecule has 10 heteroatoms. The van der Waals surface area contributed by atoms with Crippen LogP contribution in [0.25, 0.3) is 22.5 Å². The Morgan fingerprint density at radius 1 is 0.542 bits per heavy atom. The molecule has 0 radical (unpaired) electrons. The SMILES string of the molecule is C[C@@H](Cc1cccc(-c2ccc(S(C)(=O)=O)cc2)n1)c1ccoc1.C[C@H](Cc1cccc(-c2ccc(S(C)(=O)=O)cc2)n1)c1ccoc1. The van der Waals surface area contributed by atoms with Gasteiger partial charge in [0.1, 0.15) is 0 Å². The maximum Gasteiger partial charge on any atom is 0.175 e. The Morgan fingerprint density at radius 3 is 1.23 bits per heavy atom. The number of furan rings is 2. The Bertz CT molecular complexity index is 1980. The molecule has 0 saturated carbocycles. The largest absolute Gasteiger partial charge is 0.472 e. The summed E-state index contributed by atoms with van der Waals surface area (Å²) in [6.45, 7) is 4.28. The standard InChI is InChI=1S/2C19H19NO3S/c2*1-14(16-10-11-23-13-16)12-17-4-3-5-19(20-17)15-6-8-18(9-7-15)24(2,21)22/h2*3-11,13-14H,12H2,1-2H3/t2*14-/m10/s1. The van der Waals surface area contributed by atoms with Crippen molar-refractivity contribution in [3.8, 4) is 22.5 Å². The highest BCUT2D eigenvalue weighted by Gasteiger charge is 2.13. The van der Waals surface area contributed by atoms with Gasteiger partial charge < -0.3 is 8.83 Å². The Balaban J connectivity index is 0.000000188. The van der Waals surface area contributed by atoms with Gasteiger partial charge in [-0.1, -0.05) is 50.2 Å². The predicted molar refractivity (Wildman–Crippen MR) is 187 cm³/mol. The summed E-state index contributed by atoms with van der Waals surface area (Å²) in [7, 11) is -6.36. The minimum atomic E-state index is -3.18. The molecule has 8 nitrogen and oxygen atoms in total. The number of pyridine rings is 2. The number of hydrogen-bond donors (Lipinski definition) is 0. The van der Waals surface area contributed by atoms with Gasteiger partial charge >= 0.3 is 0 Å². The summed E-state index contributed by atoms with van der Waals surface area (Å²) in [6.07, 6.45) is 10.9. The van der Waals surface area contributed by atoms with E-state index in [1.807, 2.05) is 48.5 Å². The predicted octanol–water partition coefficient (Wildman–Crippen LogP) is 8.18. The third kappa shape index (κ3) is 9.17. The molecule has 0 bridgehead atoms. The molecule has 0 spiro atoms. The molecule has 0 N–H and O–H groups in total. The molecule has 0 fully saturated rings. The molecule has 6 rings (SSSR count). The van der Waals surface area contributed by atoms with Crippen LogP contribution < -0.4 is 0 Å². The molecule has 4 aromatic heterocycles. The van der Waals surface area contributed by atoms with E-state index in [1.54, 1.807) is 73.6 Å². The van der Waals surface area contributed by atoms with Gasteiger partial charge in [-0.15, -0.1) is 0 Å². The van der Waals surface area contributed by atoms with Crippen molar-refractivity contribution < 1.29 is 25.7 Å². The Hall–Kier alpha value is -4.80. The summed E-state index contributed by atoms with van der Waals surface area (Å²) in [5.74, 6) is 0.637. The lowest BCUT2D eigenvalue weighted by Crippen LogP contribution is -2.00. The first-order valence-electron chi connectivity index (χ1n) is 15.4. The van der Waals surface area contributed by atoms with E-state index in [-0.39, 0.29) is 0 Å². The van der Waals surface area contributed by atoms with Crippen LogP contribution >= 0.6 is 0 Å². The second kappa shape index (κ2) is 15.0. The number of sulfone groups is 2. The highest BCUT2D eigenvalue weighted by molar-refractivity contribution is 7.91. The molecule has 248 valence electrons. The van der Waals surface area contributed by atoms with Crippen LogP contribution in [0.1, 0.15) is 48.2 Å². The number of rotatable bonds is 10. The molecule has 0 amide bonds. The van der Waals surface area contributed by atoms with Crippen molar-refractivity contribution in [2.45, 2.75) is 48.3 Å². The van der Waals surface area contributed by atoms with E-state index in [9.17, 15) is 16.8 Å². The zero-order valence-corrected chi connectivity index (χ0v) is 28.9. The van der Waals surface area contributed by atoms with Crippen molar-refractivity contribution in [2.24, 2.45) is 0 Å². The third-order valence-corrected chi connectivity index (χ3v) is 10.3. The molecule has 48 heavy (non-hydrogen) atoms. The quantitative estimate of drug-likeness (QED) is 0.142. The van der Waals surface area contributed by atoms with Crippen LogP contribution in [0.2, 0.25) is 0 Å². The van der Waals surface area contributed by atoms with Gasteiger partial charge in [0.05, 0.1) is 46.2 Å². The lowest BCUT2D eigenvalue weighted by molar-refractivity contribution is 0.559. The first-order chi connectivity index (χ1) is 22.9. The van der Waals surface area contributed by atoms with Gasteiger partial charge in [-0.25, -0.2) is 16.8 Å². The second-order valence-corrected chi connectivity index (χ2v) is 16.0. The fraction of sp³-hybridized carbons (Fsp3) is 0.211. The van der Waals surface area contributed by atoms with Crippen molar-refractivity contribution in [1.29, 1.82) is 0 Å². The van der Waals surface area contributed by atoms with Crippen LogP contribution in [-0.4, -0.2) is 39.3 Å². The summed E-state index contributed by atoms with van der Waals surface area (Å²) in [4.78, 5) is 10.0. The Morgan fingerprint density at radius 2 is 0.917 bits per heavy atom. The number of aromatic nitrogens is 2. The summed E-state index contributed by atoms with van der Waals surface area (Å²) < 4.78 is 56.5. The van der Waals surface area contributed by atoms with Gasteiger partial charge in [0.25, 0.3) is 0 Å². The van der Waals surface area contributed by atoms with Crippen molar-refractivity contribution in [2.75, 3.05) is 12.5 Å². The number of nitrogens with zero attached hydrogens (tertiary/aromatic N) is 2. The average molecular weight is 683 g/mol. The van der Waals surface area contributed by atoms with Gasteiger partial charge in [-0.05, 0) is 96.5 Å². The van der Waals surface area contributed by atoms with Crippen molar-refractivity contribution in [1.82, 2.24) is 9.97 Å². The molecule has 0 saturated heterocycles. The first-order valence-corrected chi connectivity index (χ1v) is 19.2. The normalized spacial score (nSPS) is 12.9. The Kier molecular flexibility index (Phi) is 10.8. The van der Waals surface area contributed by atoms with E-state index in [0.717, 1.165) is 57.9 Å². The molecular formula is C38H38N2O6S2. The molecule has 0 aliphatic heterocycles. The number of benzene rings is 2. The van der Waals surface area contributed by atoms with E-state index in [4.69, 9.17) is 18.8 Å². The van der Waals surface area contributed by atoms with Crippen LogP contribution in [-0.2, 0) is 32.5 Å². The maximum absolute atomic E-state index is 11.5. The maximum atomic E-state index is 11.5. The fourth-order valence-corrected chi connectivity index (χ4v) is 6.49. The van der Waals surface area contributed by atoms with E-state index in [2.05, 4.69) is 13.8 Å². The van der Waals surface area contributed by atoms with Crippen molar-refractivity contribution in [3.63, 3.8) is 0 Å². The minimum absolute atomic E-state index is 0.316. The van der Waals surface area contributed by atoms with Gasteiger partial charge in [-0.2, -0.15) is 0 Å². The van der Waals surface area contributed by atoms with Crippen LogP contribution in [0.15, 0.2) is 141 Å². The fourth-order valence-electron chi connectivity index (χ4n) is 5.23. The van der Waals surface area contributed by atoms with Crippen LogP contribution in [0.3, 0.4) is 0 Å². The van der Waals surface area contributed by atoms with Gasteiger partial charge in [0.15, 0.2) is 19.7 Å². The molecule has 6 aromatic rings. The van der Waals surface area contributed by atoms with Gasteiger partial charge in [0.2, 0.25) is 0 Å². The molecule has 0 aliphatic rings. The van der Waals surface area contributed by atoms with Crippen LogP contribution in [0.4, 0.5) is 0 Å². The van der Waals surface area contributed by atoms with E-state index in [1.165, 1.54) is 12.5 Å². The Labute approximate surface area is 282 Å². The monoisotopic (exact) mass is 682 g/mol. The van der Waals surface area contributed by atoms with E-state index >= 15 is 0 Å². The van der Waals surface area contributed by atoms with Crippen LogP contribution in [0, 0.1) is 0 Å². The van der Waals surface area contributed by atoms with Gasteiger partial charge in [0, 0.05) is 35.0 Å². The third-order valence-electron chi connectivity index (χ3n) is 8.03. The summed E-state index contributed by atoms with van der Waals surface area (Å²) >= 11 is 0. The minimum Gasteiger partial charge on any atom is -0.472 e. The summed E-state index contributed by atoms with van der Waals surface area (Å²) in [5.41, 5.74) is 7.78. The van der Waals surface area contributed by atoms with Crippen LogP contribution in [0.5, 0.6) is 0 Å². The zero-order valence-electron chi connectivity index (χ0n) is 27.3. The zero-order chi connectivity index (χ0) is 34.3. The lowest BCUT2D eigenvalue weighted by atomic mass is 9.98. The average Bonchev–Trinajstić information content (AvgIpc) is 3.81. The second-order valence-electron chi connectivity index (χ2n) is 11.9. The van der Waals surface area contributed by atoms with E-state index < -0.39 is 19.7 Å². The van der Waals surface area contributed by atoms with Crippen molar-refractivity contribution in [3.05, 3.63) is 145 Å². The highest BCUT2D eigenvalue weighted by atomic mass is 32.2. The summed E-state index contributed by atoms with van der Waals surface area (Å²) in [6, 6.07) is 29.4. The molecule has 2 atom stereocenters. The summed E-state index contributed by atoms with van der Waals surface area (Å²) in [5, 5.41) is 0. The highest BCUT2D eigenvalue weighted by Crippen LogP contribution is 2.25. The lowest BCUT2D eigenvalue weighted by Gasteiger charge is -2.10. The molecule has 4 heterocycles. The molecule has 0 unspecified atom stereocenters.